The molecule has 1 atom stereocenters. The Morgan fingerprint density at radius 1 is 1.07 bits per heavy atom. The topological polar surface area (TPSA) is 78.4 Å². The van der Waals surface area contributed by atoms with Crippen molar-refractivity contribution < 1.29 is 27.9 Å². The fourth-order valence-corrected chi connectivity index (χ4v) is 2.85. The van der Waals surface area contributed by atoms with Crippen molar-refractivity contribution >= 4 is 46.6 Å². The third-order valence-electron chi connectivity index (χ3n) is 3.83. The van der Waals surface area contributed by atoms with Crippen LogP contribution in [0.2, 0.25) is 5.02 Å². The highest BCUT2D eigenvalue weighted by Gasteiger charge is 2.55. The molecule has 2 aromatic carbocycles. The van der Waals surface area contributed by atoms with Gasteiger partial charge in [-0.25, -0.2) is 0 Å². The minimum atomic E-state index is -5.16. The van der Waals surface area contributed by atoms with Crippen LogP contribution in [0.3, 0.4) is 0 Å². The Balaban J connectivity index is 2.18. The standard InChI is InChI=1S/C18H16ClF3N2O3S/c1-17(27,18(20,21)22)16(26)24-12-8-7-10(9-11(12)19)15(25)23-13-5-3-4-6-14(13)28-2/h3-9,27H,1-2H3,(H,23,25)(H,24,26). The molecule has 0 heterocycles. The number of para-hydroxylation sites is 1. The van der Waals surface area contributed by atoms with Gasteiger partial charge in [0.05, 0.1) is 16.4 Å². The van der Waals surface area contributed by atoms with Crippen molar-refractivity contribution in [3.05, 3.63) is 53.1 Å². The van der Waals surface area contributed by atoms with Gasteiger partial charge in [-0.2, -0.15) is 13.2 Å². The van der Waals surface area contributed by atoms with E-state index in [0.29, 0.717) is 12.6 Å². The van der Waals surface area contributed by atoms with E-state index in [1.54, 1.807) is 12.1 Å². The molecular weight excluding hydrogens is 417 g/mol. The van der Waals surface area contributed by atoms with Crippen molar-refractivity contribution in [2.45, 2.75) is 23.6 Å². The van der Waals surface area contributed by atoms with E-state index < -0.39 is 23.6 Å². The van der Waals surface area contributed by atoms with Gasteiger partial charge in [-0.15, -0.1) is 11.8 Å². The van der Waals surface area contributed by atoms with Gasteiger partial charge < -0.3 is 15.7 Å². The van der Waals surface area contributed by atoms with Crippen molar-refractivity contribution in [3.8, 4) is 0 Å². The Hall–Kier alpha value is -2.23. The minimum absolute atomic E-state index is 0.140. The number of thioether (sulfide) groups is 1. The monoisotopic (exact) mass is 432 g/mol. The van der Waals surface area contributed by atoms with Crippen LogP contribution in [0, 0.1) is 0 Å². The molecular formula is C18H16ClF3N2O3S. The van der Waals surface area contributed by atoms with Crippen LogP contribution in [0.4, 0.5) is 24.5 Å². The molecule has 0 spiro atoms. The molecule has 0 saturated heterocycles. The van der Waals surface area contributed by atoms with Crippen LogP contribution in [0.15, 0.2) is 47.4 Å². The van der Waals surface area contributed by atoms with E-state index in [2.05, 4.69) is 5.32 Å². The van der Waals surface area contributed by atoms with Crippen LogP contribution >= 0.6 is 23.4 Å². The first-order valence-electron chi connectivity index (χ1n) is 7.82. The van der Waals surface area contributed by atoms with E-state index in [-0.39, 0.29) is 16.3 Å². The maximum atomic E-state index is 12.7. The van der Waals surface area contributed by atoms with Gasteiger partial charge in [-0.3, -0.25) is 9.59 Å². The molecule has 2 rings (SSSR count). The number of aliphatic hydroxyl groups is 1. The molecule has 0 saturated carbocycles. The number of amides is 2. The van der Waals surface area contributed by atoms with Crippen LogP contribution in [0.1, 0.15) is 17.3 Å². The van der Waals surface area contributed by atoms with Gasteiger partial charge in [0.2, 0.25) is 5.60 Å². The predicted molar refractivity (Wildman–Crippen MR) is 103 cm³/mol. The number of hydrogen-bond donors (Lipinski definition) is 3. The molecule has 0 fully saturated rings. The summed E-state index contributed by atoms with van der Waals surface area (Å²) in [6, 6.07) is 10.8. The van der Waals surface area contributed by atoms with Crippen molar-refractivity contribution in [1.29, 1.82) is 0 Å². The second kappa shape index (κ2) is 8.42. The van der Waals surface area contributed by atoms with Crippen molar-refractivity contribution in [3.63, 3.8) is 0 Å². The summed E-state index contributed by atoms with van der Waals surface area (Å²) in [7, 11) is 0. The molecule has 28 heavy (non-hydrogen) atoms. The molecule has 3 N–H and O–H groups in total. The number of nitrogens with one attached hydrogen (secondary N) is 2. The van der Waals surface area contributed by atoms with Crippen LogP contribution in [-0.2, 0) is 4.79 Å². The Morgan fingerprint density at radius 3 is 2.29 bits per heavy atom. The lowest BCUT2D eigenvalue weighted by atomic mass is 10.1. The fourth-order valence-electron chi connectivity index (χ4n) is 2.07. The number of carbonyl (C=O) groups excluding carboxylic acids is 2. The second-order valence-electron chi connectivity index (χ2n) is 5.87. The maximum absolute atomic E-state index is 12.7. The SMILES string of the molecule is CSc1ccccc1NC(=O)c1ccc(NC(=O)C(C)(O)C(F)(F)F)c(Cl)c1. The predicted octanol–water partition coefficient (Wildman–Crippen LogP) is 4.57. The molecule has 2 aromatic rings. The molecule has 2 amide bonds. The average molecular weight is 433 g/mol. The molecule has 0 aromatic heterocycles. The van der Waals surface area contributed by atoms with E-state index in [1.165, 1.54) is 30.0 Å². The number of halogens is 4. The molecule has 5 nitrogen and oxygen atoms in total. The van der Waals surface area contributed by atoms with Gasteiger partial charge in [0.15, 0.2) is 0 Å². The van der Waals surface area contributed by atoms with Gasteiger partial charge in [0, 0.05) is 10.5 Å². The van der Waals surface area contributed by atoms with E-state index in [0.717, 1.165) is 4.90 Å². The zero-order chi connectivity index (χ0) is 21.1. The first-order valence-corrected chi connectivity index (χ1v) is 9.42. The Bertz CT molecular complexity index is 904. The van der Waals surface area contributed by atoms with E-state index in [1.807, 2.05) is 23.7 Å². The Morgan fingerprint density at radius 2 is 1.71 bits per heavy atom. The summed E-state index contributed by atoms with van der Waals surface area (Å²) in [5.41, 5.74) is -3.03. The smallest absolute Gasteiger partial charge is 0.373 e. The Kier molecular flexibility index (Phi) is 6.63. The van der Waals surface area contributed by atoms with E-state index in [9.17, 15) is 27.9 Å². The molecule has 0 bridgehead atoms. The molecule has 10 heteroatoms. The fraction of sp³-hybridized carbons (Fsp3) is 0.222. The third kappa shape index (κ3) is 4.78. The molecule has 0 radical (unpaired) electrons. The van der Waals surface area contributed by atoms with E-state index >= 15 is 0 Å². The first-order chi connectivity index (χ1) is 13.0. The van der Waals surface area contributed by atoms with Crippen LogP contribution in [-0.4, -0.2) is 35.0 Å². The summed E-state index contributed by atoms with van der Waals surface area (Å²) in [6.45, 7) is 0.335. The summed E-state index contributed by atoms with van der Waals surface area (Å²) in [5, 5.41) is 13.9. The first kappa shape index (κ1) is 22.1. The van der Waals surface area contributed by atoms with E-state index in [4.69, 9.17) is 11.6 Å². The molecule has 150 valence electrons. The number of alkyl halides is 3. The molecule has 1 unspecified atom stereocenters. The zero-order valence-electron chi connectivity index (χ0n) is 14.7. The number of benzene rings is 2. The second-order valence-corrected chi connectivity index (χ2v) is 7.13. The third-order valence-corrected chi connectivity index (χ3v) is 4.94. The normalized spacial score (nSPS) is 13.5. The van der Waals surface area contributed by atoms with Gasteiger partial charge in [0.25, 0.3) is 11.8 Å². The zero-order valence-corrected chi connectivity index (χ0v) is 16.3. The summed E-state index contributed by atoms with van der Waals surface area (Å²) in [4.78, 5) is 25.0. The van der Waals surface area contributed by atoms with Gasteiger partial charge >= 0.3 is 6.18 Å². The van der Waals surface area contributed by atoms with Gasteiger partial charge in [0.1, 0.15) is 0 Å². The van der Waals surface area contributed by atoms with Crippen molar-refractivity contribution in [1.82, 2.24) is 0 Å². The molecule has 0 aliphatic carbocycles. The lowest BCUT2D eigenvalue weighted by Gasteiger charge is -2.25. The summed E-state index contributed by atoms with van der Waals surface area (Å²) in [5.74, 6) is -2.17. The summed E-state index contributed by atoms with van der Waals surface area (Å²) < 4.78 is 38.2. The lowest BCUT2D eigenvalue weighted by Crippen LogP contribution is -2.52. The molecule has 0 aliphatic rings. The number of rotatable bonds is 5. The number of hydrogen-bond acceptors (Lipinski definition) is 4. The summed E-state index contributed by atoms with van der Waals surface area (Å²) >= 11 is 7.43. The van der Waals surface area contributed by atoms with Crippen LogP contribution < -0.4 is 10.6 Å². The lowest BCUT2D eigenvalue weighted by molar-refractivity contribution is -0.242. The largest absolute Gasteiger partial charge is 0.426 e. The Labute approximate surface area is 168 Å². The van der Waals surface area contributed by atoms with Crippen LogP contribution in [0.5, 0.6) is 0 Å². The van der Waals surface area contributed by atoms with Crippen molar-refractivity contribution in [2.75, 3.05) is 16.9 Å². The number of anilines is 2. The quantitative estimate of drug-likeness (QED) is 0.605. The number of carbonyl (C=O) groups is 2. The highest BCUT2D eigenvalue weighted by atomic mass is 35.5. The summed E-state index contributed by atoms with van der Waals surface area (Å²) in [6.07, 6.45) is -3.30. The highest BCUT2D eigenvalue weighted by molar-refractivity contribution is 7.98. The molecule has 0 aliphatic heterocycles. The minimum Gasteiger partial charge on any atom is -0.373 e. The highest BCUT2D eigenvalue weighted by Crippen LogP contribution is 2.32. The maximum Gasteiger partial charge on any atom is 0.426 e. The average Bonchev–Trinajstić information content (AvgIpc) is 2.62. The van der Waals surface area contributed by atoms with Crippen molar-refractivity contribution in [2.24, 2.45) is 0 Å². The van der Waals surface area contributed by atoms with Gasteiger partial charge in [-0.05, 0) is 43.5 Å². The van der Waals surface area contributed by atoms with Crippen LogP contribution in [0.25, 0.3) is 0 Å². The van der Waals surface area contributed by atoms with Gasteiger partial charge in [-0.1, -0.05) is 23.7 Å².